The Labute approximate surface area is 381 Å². The molecule has 0 spiro atoms. The smallest absolute Gasteiger partial charge is 0.506 e. The fraction of sp³-hybridized carbons (Fsp3) is 0.200. The van der Waals surface area contributed by atoms with Crippen LogP contribution in [-0.2, 0) is 56.5 Å². The molecule has 0 saturated heterocycles. The van der Waals surface area contributed by atoms with E-state index in [9.17, 15) is 36.6 Å². The number of hydrogen-bond donors (Lipinski definition) is 6. The van der Waals surface area contributed by atoms with Crippen LogP contribution in [0.4, 0.5) is 11.4 Å². The van der Waals surface area contributed by atoms with Crippen molar-refractivity contribution < 1.29 is 93.0 Å². The number of aromatic hydroxyl groups is 2. The number of nitrogens with one attached hydrogen (secondary N) is 4. The fourth-order valence-corrected chi connectivity index (χ4v) is 7.69. The first-order chi connectivity index (χ1) is 27.8. The van der Waals surface area contributed by atoms with Crippen LogP contribution in [0.2, 0.25) is 0 Å². The Morgan fingerprint density at radius 2 is 0.967 bits per heavy atom. The number of sulfonamides is 2. The van der Waals surface area contributed by atoms with Crippen molar-refractivity contribution in [2.45, 2.75) is 22.6 Å². The molecule has 0 atom stereocenters. The van der Waals surface area contributed by atoms with Crippen molar-refractivity contribution in [2.75, 3.05) is 51.4 Å². The van der Waals surface area contributed by atoms with Crippen molar-refractivity contribution in [3.63, 3.8) is 0 Å². The van der Waals surface area contributed by atoms with E-state index in [0.717, 1.165) is 11.1 Å². The van der Waals surface area contributed by atoms with Gasteiger partial charge < -0.3 is 19.7 Å². The molecule has 0 aromatic heterocycles. The van der Waals surface area contributed by atoms with E-state index >= 15 is 0 Å². The second-order valence-electron chi connectivity index (χ2n) is 12.6. The Morgan fingerprint density at radius 3 is 1.35 bits per heavy atom. The van der Waals surface area contributed by atoms with Gasteiger partial charge in [0.25, 0.3) is 0 Å². The molecule has 6 N–H and O–H groups in total. The largest absolute Gasteiger partial charge is 1.00 e. The summed E-state index contributed by atoms with van der Waals surface area (Å²) in [5.41, 5.74) is 8.69. The van der Waals surface area contributed by atoms with E-state index in [1.807, 2.05) is 24.3 Å². The van der Waals surface area contributed by atoms with Crippen LogP contribution in [-0.4, -0.2) is 90.6 Å². The van der Waals surface area contributed by atoms with Crippen LogP contribution in [0.3, 0.4) is 0 Å². The number of anilines is 2. The molecule has 4 aromatic rings. The van der Waals surface area contributed by atoms with Gasteiger partial charge in [-0.2, -0.15) is 10.2 Å². The van der Waals surface area contributed by atoms with E-state index in [0.29, 0.717) is 37.2 Å². The summed E-state index contributed by atoms with van der Waals surface area (Å²) < 4.78 is 64.4. The molecular weight excluding hydrogens is 864 g/mol. The van der Waals surface area contributed by atoms with Gasteiger partial charge in [-0.3, -0.25) is 20.4 Å². The molecule has 6 rings (SSSR count). The molecule has 2 aliphatic carbocycles. The molecule has 2 aliphatic rings. The maximum atomic E-state index is 12.4. The zero-order valence-corrected chi connectivity index (χ0v) is 37.8. The molecule has 16 nitrogen and oxygen atoms in total. The third-order valence-electron chi connectivity index (χ3n) is 8.49. The number of nitrogens with zero attached hydrogens (tertiary/aromatic N) is 2. The van der Waals surface area contributed by atoms with Crippen molar-refractivity contribution in [2.24, 2.45) is 10.2 Å². The average molecular weight is 906 g/mol. The predicted octanol–water partition coefficient (Wildman–Crippen LogP) is 1.24. The number of phenols is 2. The third-order valence-corrected chi connectivity index (χ3v) is 11.4. The van der Waals surface area contributed by atoms with E-state index in [1.54, 1.807) is 50.6 Å². The molecule has 0 saturated carbocycles. The number of allylic oxidation sites excluding steroid dienone is 2. The molecule has 0 amide bonds. The van der Waals surface area contributed by atoms with Crippen LogP contribution in [0.5, 0.6) is 11.5 Å². The number of ether oxygens (including phenoxy) is 2. The van der Waals surface area contributed by atoms with Crippen molar-refractivity contribution in [1.82, 2.24) is 9.44 Å². The molecule has 0 bridgehead atoms. The summed E-state index contributed by atoms with van der Waals surface area (Å²) >= 11 is 0. The van der Waals surface area contributed by atoms with Gasteiger partial charge in [-0.1, -0.05) is 60.7 Å². The van der Waals surface area contributed by atoms with Gasteiger partial charge in [0.05, 0.1) is 21.2 Å². The average Bonchev–Trinajstić information content (AvgIpc) is 3.21. The standard InChI is InChI=1S/2C20H21N3O5S.Cr.Na/c2*1-28-12-4-11-21-29(26,27)15-8-10-18(24)17(13-15)22-23-20-16-6-3-2-5-14(16)7-9-19(20)25;;/h2*2-3,5-10,13,21-22,24H,4,11-12H2,1H3;;/q;;;+1/b2*23-20-;;. The second-order valence-corrected chi connectivity index (χ2v) is 16.1. The van der Waals surface area contributed by atoms with Crippen molar-refractivity contribution in [1.29, 1.82) is 0 Å². The van der Waals surface area contributed by atoms with Crippen LogP contribution < -0.4 is 49.9 Å². The Hall–Kier alpha value is -4.49. The summed E-state index contributed by atoms with van der Waals surface area (Å²) in [6, 6.07) is 22.1. The summed E-state index contributed by atoms with van der Waals surface area (Å²) in [6.07, 6.45) is 7.29. The molecule has 0 heterocycles. The quantitative estimate of drug-likeness (QED) is 0.0404. The van der Waals surface area contributed by atoms with Crippen molar-refractivity contribution in [3.8, 4) is 11.5 Å². The number of ketones is 2. The predicted molar refractivity (Wildman–Crippen MR) is 221 cm³/mol. The Kier molecular flexibility index (Phi) is 19.5. The summed E-state index contributed by atoms with van der Waals surface area (Å²) in [5, 5.41) is 28.4. The van der Waals surface area contributed by atoms with Gasteiger partial charge in [-0.05, 0) is 72.5 Å². The second kappa shape index (κ2) is 23.5. The first-order valence-electron chi connectivity index (χ1n) is 17.8. The van der Waals surface area contributed by atoms with E-state index in [1.165, 1.54) is 48.6 Å². The number of phenolic OH excluding ortho intramolecular Hbond substituents is 2. The Morgan fingerprint density at radius 1 is 0.583 bits per heavy atom. The minimum absolute atomic E-state index is 0. The summed E-state index contributed by atoms with van der Waals surface area (Å²) in [7, 11) is -4.45. The molecule has 310 valence electrons. The molecular formula is C40H42CrN6NaO10S2+. The third kappa shape index (κ3) is 13.3. The van der Waals surface area contributed by atoms with Gasteiger partial charge in [0, 0.05) is 69.0 Å². The van der Waals surface area contributed by atoms with Crippen LogP contribution in [0.15, 0.2) is 117 Å². The summed E-state index contributed by atoms with van der Waals surface area (Å²) in [5.74, 6) is -0.974. The zero-order valence-electron chi connectivity index (χ0n) is 32.9. The van der Waals surface area contributed by atoms with E-state index in [-0.39, 0.29) is 116 Å². The van der Waals surface area contributed by atoms with E-state index in [4.69, 9.17) is 9.47 Å². The number of benzene rings is 4. The summed E-state index contributed by atoms with van der Waals surface area (Å²) in [4.78, 5) is 24.4. The Bertz CT molecular complexity index is 2340. The number of methoxy groups -OCH3 is 2. The van der Waals surface area contributed by atoms with Gasteiger partial charge in [0.2, 0.25) is 31.6 Å². The minimum Gasteiger partial charge on any atom is -0.506 e. The maximum absolute atomic E-state index is 12.4. The van der Waals surface area contributed by atoms with Crippen LogP contribution >= 0.6 is 0 Å². The van der Waals surface area contributed by atoms with Crippen LogP contribution in [0.25, 0.3) is 12.2 Å². The number of carbonyl (C=O) groups excluding carboxylic acids is 2. The van der Waals surface area contributed by atoms with Gasteiger partial charge in [-0.15, -0.1) is 0 Å². The minimum atomic E-state index is -3.77. The fourth-order valence-electron chi connectivity index (χ4n) is 5.49. The first kappa shape index (κ1) is 49.9. The number of fused-ring (bicyclic) bond motifs is 2. The van der Waals surface area contributed by atoms with Crippen LogP contribution in [0.1, 0.15) is 35.1 Å². The van der Waals surface area contributed by atoms with Crippen molar-refractivity contribution in [3.05, 3.63) is 119 Å². The summed E-state index contributed by atoms with van der Waals surface area (Å²) in [6.45, 7) is 1.32. The topological polar surface area (TPSA) is 234 Å². The van der Waals surface area contributed by atoms with Gasteiger partial charge in [-0.25, -0.2) is 26.3 Å². The Balaban J connectivity index is 0.000000310. The van der Waals surface area contributed by atoms with Crippen LogP contribution in [0, 0.1) is 0 Å². The van der Waals surface area contributed by atoms with Gasteiger partial charge >= 0.3 is 29.6 Å². The maximum Gasteiger partial charge on any atom is 1.00 e. The first-order valence-corrected chi connectivity index (χ1v) is 20.8. The molecule has 0 aliphatic heterocycles. The molecule has 0 unspecified atom stereocenters. The molecule has 0 radical (unpaired) electrons. The molecule has 4 aromatic carbocycles. The number of carbonyl (C=O) groups is 2. The van der Waals surface area contributed by atoms with Gasteiger partial charge in [0.15, 0.2) is 0 Å². The van der Waals surface area contributed by atoms with E-state index < -0.39 is 20.0 Å². The zero-order chi connectivity index (χ0) is 41.7. The van der Waals surface area contributed by atoms with Gasteiger partial charge in [0.1, 0.15) is 22.9 Å². The monoisotopic (exact) mass is 905 g/mol. The number of hydrogen-bond acceptors (Lipinski definition) is 14. The normalized spacial score (nSPS) is 14.3. The SMILES string of the molecule is COCCCNS(=O)(=O)c1ccc(O)c(N/N=C2\C(=O)C=Cc3ccccc32)c1.COCCCNS(=O)(=O)c1ccc(O)c(N/N=C2\C(=O)C=Cc3ccccc32)c1.[Cr].[Na+]. The number of rotatable bonds is 16. The molecule has 60 heavy (non-hydrogen) atoms. The molecule has 20 heteroatoms. The van der Waals surface area contributed by atoms with E-state index in [2.05, 4.69) is 30.5 Å². The number of hydrazone groups is 2. The van der Waals surface area contributed by atoms with Crippen molar-refractivity contribution >= 4 is 66.6 Å². The molecule has 0 fully saturated rings.